The van der Waals surface area contributed by atoms with Gasteiger partial charge in [0.15, 0.2) is 11.6 Å². The molecule has 0 bridgehead atoms. The van der Waals surface area contributed by atoms with Crippen LogP contribution in [-0.2, 0) is 17.8 Å². The number of nitrogens with one attached hydrogen (secondary N) is 1. The van der Waals surface area contributed by atoms with Crippen molar-refractivity contribution >= 4 is 5.69 Å². The van der Waals surface area contributed by atoms with E-state index in [1.54, 1.807) is 7.11 Å². The monoisotopic (exact) mass is 301 g/mol. The van der Waals surface area contributed by atoms with Gasteiger partial charge in [-0.3, -0.25) is 10.00 Å². The Morgan fingerprint density at radius 3 is 2.64 bits per heavy atom. The predicted octanol–water partition coefficient (Wildman–Crippen LogP) is 1.32. The Balaban J connectivity index is 1.44. The Kier molecular flexibility index (Phi) is 5.03. The number of aromatic amines is 1. The lowest BCUT2D eigenvalue weighted by Crippen LogP contribution is -2.47. The summed E-state index contributed by atoms with van der Waals surface area (Å²) in [6, 6.07) is 10.6. The van der Waals surface area contributed by atoms with Gasteiger partial charge in [0.2, 0.25) is 0 Å². The highest BCUT2D eigenvalue weighted by atomic mass is 16.5. The Labute approximate surface area is 131 Å². The number of anilines is 1. The molecule has 6 heteroatoms. The molecule has 6 nitrogen and oxygen atoms in total. The number of para-hydroxylation sites is 1. The van der Waals surface area contributed by atoms with Gasteiger partial charge in [0.25, 0.3) is 0 Å². The number of methoxy groups -OCH3 is 1. The molecule has 1 aliphatic rings. The molecule has 3 rings (SSSR count). The third-order valence-corrected chi connectivity index (χ3v) is 4.00. The minimum Gasteiger partial charge on any atom is -0.377 e. The summed E-state index contributed by atoms with van der Waals surface area (Å²) < 4.78 is 5.04. The highest BCUT2D eigenvalue weighted by Gasteiger charge is 2.17. The third kappa shape index (κ3) is 3.84. The van der Waals surface area contributed by atoms with Crippen molar-refractivity contribution < 1.29 is 4.74 Å². The van der Waals surface area contributed by atoms with E-state index in [1.807, 2.05) is 0 Å². The van der Waals surface area contributed by atoms with Crippen LogP contribution in [0.3, 0.4) is 0 Å². The van der Waals surface area contributed by atoms with Crippen molar-refractivity contribution in [2.45, 2.75) is 13.0 Å². The number of hydrogen-bond acceptors (Lipinski definition) is 5. The average molecular weight is 301 g/mol. The molecule has 1 fully saturated rings. The Morgan fingerprint density at radius 1 is 1.14 bits per heavy atom. The maximum Gasteiger partial charge on any atom is 0.152 e. The molecular formula is C16H23N5O. The van der Waals surface area contributed by atoms with Crippen molar-refractivity contribution in [3.05, 3.63) is 42.0 Å². The molecule has 1 aromatic heterocycles. The largest absolute Gasteiger partial charge is 0.377 e. The molecule has 22 heavy (non-hydrogen) atoms. The molecule has 0 spiro atoms. The molecule has 0 radical (unpaired) electrons. The van der Waals surface area contributed by atoms with E-state index in [-0.39, 0.29) is 0 Å². The number of H-pyrrole nitrogens is 1. The van der Waals surface area contributed by atoms with Gasteiger partial charge in [-0.2, -0.15) is 5.10 Å². The fourth-order valence-electron chi connectivity index (χ4n) is 2.77. The van der Waals surface area contributed by atoms with E-state index in [2.05, 4.69) is 55.3 Å². The standard InChI is InChI=1S/C16H23N5O/c1-22-13-16-17-15(18-19-16)7-8-20-9-11-21(12-10-20)14-5-3-2-4-6-14/h2-6H,7-13H2,1H3,(H,17,18,19). The smallest absolute Gasteiger partial charge is 0.152 e. The summed E-state index contributed by atoms with van der Waals surface area (Å²) in [6.07, 6.45) is 0.881. The summed E-state index contributed by atoms with van der Waals surface area (Å²) >= 11 is 0. The van der Waals surface area contributed by atoms with E-state index >= 15 is 0 Å². The van der Waals surface area contributed by atoms with Crippen LogP contribution in [0.25, 0.3) is 0 Å². The van der Waals surface area contributed by atoms with E-state index < -0.39 is 0 Å². The van der Waals surface area contributed by atoms with Gasteiger partial charge in [-0.05, 0) is 12.1 Å². The number of nitrogens with zero attached hydrogens (tertiary/aromatic N) is 4. The molecule has 0 saturated carbocycles. The number of aromatic nitrogens is 3. The van der Waals surface area contributed by atoms with Crippen molar-refractivity contribution in [1.29, 1.82) is 0 Å². The Hall–Kier alpha value is -1.92. The number of benzene rings is 1. The maximum atomic E-state index is 5.04. The van der Waals surface area contributed by atoms with Crippen LogP contribution in [0.5, 0.6) is 0 Å². The fourth-order valence-corrected chi connectivity index (χ4v) is 2.77. The summed E-state index contributed by atoms with van der Waals surface area (Å²) in [7, 11) is 1.66. The van der Waals surface area contributed by atoms with Gasteiger partial charge < -0.3 is 9.64 Å². The van der Waals surface area contributed by atoms with Crippen molar-refractivity contribution in [3.63, 3.8) is 0 Å². The van der Waals surface area contributed by atoms with Gasteiger partial charge in [-0.1, -0.05) is 18.2 Å². The van der Waals surface area contributed by atoms with E-state index in [0.29, 0.717) is 6.61 Å². The van der Waals surface area contributed by atoms with Crippen LogP contribution in [-0.4, -0.2) is 59.9 Å². The van der Waals surface area contributed by atoms with Gasteiger partial charge in [-0.25, -0.2) is 4.98 Å². The Bertz CT molecular complexity index is 563. The molecule has 0 unspecified atom stereocenters. The lowest BCUT2D eigenvalue weighted by molar-refractivity contribution is 0.178. The molecule has 0 atom stereocenters. The van der Waals surface area contributed by atoms with Crippen LogP contribution in [0.2, 0.25) is 0 Å². The van der Waals surface area contributed by atoms with E-state index in [0.717, 1.165) is 50.8 Å². The summed E-state index contributed by atoms with van der Waals surface area (Å²) in [5.41, 5.74) is 1.32. The molecular weight excluding hydrogens is 278 g/mol. The van der Waals surface area contributed by atoms with Crippen molar-refractivity contribution in [3.8, 4) is 0 Å². The summed E-state index contributed by atoms with van der Waals surface area (Å²) in [5.74, 6) is 1.67. The van der Waals surface area contributed by atoms with Crippen LogP contribution >= 0.6 is 0 Å². The quantitative estimate of drug-likeness (QED) is 0.872. The Morgan fingerprint density at radius 2 is 1.91 bits per heavy atom. The molecule has 1 aromatic carbocycles. The third-order valence-electron chi connectivity index (χ3n) is 4.00. The molecule has 118 valence electrons. The number of hydrogen-bond donors (Lipinski definition) is 1. The van der Waals surface area contributed by atoms with Gasteiger partial charge in [0.1, 0.15) is 6.61 Å². The second kappa shape index (κ2) is 7.38. The second-order valence-corrected chi connectivity index (χ2v) is 5.55. The van der Waals surface area contributed by atoms with E-state index in [9.17, 15) is 0 Å². The molecule has 1 saturated heterocycles. The zero-order valence-corrected chi connectivity index (χ0v) is 13.0. The zero-order chi connectivity index (χ0) is 15.2. The lowest BCUT2D eigenvalue weighted by atomic mass is 10.2. The molecule has 1 N–H and O–H groups in total. The highest BCUT2D eigenvalue weighted by molar-refractivity contribution is 5.46. The van der Waals surface area contributed by atoms with E-state index in [4.69, 9.17) is 4.74 Å². The number of ether oxygens (including phenoxy) is 1. The van der Waals surface area contributed by atoms with Gasteiger partial charge in [0, 0.05) is 51.9 Å². The molecule has 2 heterocycles. The number of rotatable bonds is 6. The van der Waals surface area contributed by atoms with Crippen molar-refractivity contribution in [2.75, 3.05) is 44.7 Å². The van der Waals surface area contributed by atoms with Gasteiger partial charge in [-0.15, -0.1) is 0 Å². The summed E-state index contributed by atoms with van der Waals surface area (Å²) in [4.78, 5) is 9.34. The fraction of sp³-hybridized carbons (Fsp3) is 0.500. The second-order valence-electron chi connectivity index (χ2n) is 5.55. The van der Waals surface area contributed by atoms with Gasteiger partial charge in [0.05, 0.1) is 0 Å². The number of piperazine rings is 1. The van der Waals surface area contributed by atoms with Crippen LogP contribution in [0, 0.1) is 0 Å². The average Bonchev–Trinajstić information content (AvgIpc) is 3.02. The minimum absolute atomic E-state index is 0.489. The zero-order valence-electron chi connectivity index (χ0n) is 13.0. The van der Waals surface area contributed by atoms with Crippen LogP contribution in [0.4, 0.5) is 5.69 Å². The van der Waals surface area contributed by atoms with Crippen LogP contribution < -0.4 is 4.90 Å². The van der Waals surface area contributed by atoms with Crippen molar-refractivity contribution in [1.82, 2.24) is 20.1 Å². The topological polar surface area (TPSA) is 57.3 Å². The maximum absolute atomic E-state index is 5.04. The SMILES string of the molecule is COCc1nc(CCN2CCN(c3ccccc3)CC2)n[nH]1. The molecule has 0 amide bonds. The lowest BCUT2D eigenvalue weighted by Gasteiger charge is -2.35. The normalized spacial score (nSPS) is 16.1. The first-order valence-electron chi connectivity index (χ1n) is 7.76. The molecule has 1 aliphatic heterocycles. The highest BCUT2D eigenvalue weighted by Crippen LogP contribution is 2.15. The minimum atomic E-state index is 0.489. The molecule has 0 aliphatic carbocycles. The first-order valence-corrected chi connectivity index (χ1v) is 7.76. The van der Waals surface area contributed by atoms with Crippen molar-refractivity contribution in [2.24, 2.45) is 0 Å². The molecule has 2 aromatic rings. The predicted molar refractivity (Wildman–Crippen MR) is 85.9 cm³/mol. The van der Waals surface area contributed by atoms with Crippen LogP contribution in [0.1, 0.15) is 11.6 Å². The first kappa shape index (κ1) is 15.0. The first-order chi connectivity index (χ1) is 10.8. The van der Waals surface area contributed by atoms with E-state index in [1.165, 1.54) is 5.69 Å². The van der Waals surface area contributed by atoms with Gasteiger partial charge >= 0.3 is 0 Å². The summed E-state index contributed by atoms with van der Waals surface area (Å²) in [6.45, 7) is 5.82. The van der Waals surface area contributed by atoms with Crippen LogP contribution in [0.15, 0.2) is 30.3 Å². The summed E-state index contributed by atoms with van der Waals surface area (Å²) in [5, 5.41) is 7.14.